The van der Waals surface area contributed by atoms with Crippen LogP contribution in [-0.2, 0) is 0 Å². The molecule has 104 valence electrons. The van der Waals surface area contributed by atoms with Crippen molar-refractivity contribution in [1.82, 2.24) is 15.3 Å². The second-order valence-electron chi connectivity index (χ2n) is 5.53. The van der Waals surface area contributed by atoms with Gasteiger partial charge in [-0.1, -0.05) is 18.2 Å². The molecule has 0 aliphatic carbocycles. The van der Waals surface area contributed by atoms with Gasteiger partial charge in [0.1, 0.15) is 0 Å². The normalized spacial score (nSPS) is 18.2. The molecule has 0 spiro atoms. The van der Waals surface area contributed by atoms with Gasteiger partial charge in [-0.25, -0.2) is 0 Å². The Hall–Kier alpha value is -2.26. The molecule has 0 saturated carbocycles. The van der Waals surface area contributed by atoms with Crippen LogP contribution in [0.5, 0.6) is 0 Å². The van der Waals surface area contributed by atoms with Gasteiger partial charge < -0.3 is 5.32 Å². The van der Waals surface area contributed by atoms with Crippen molar-refractivity contribution in [2.45, 2.75) is 18.9 Å². The summed E-state index contributed by atoms with van der Waals surface area (Å²) in [7, 11) is 0. The van der Waals surface area contributed by atoms with Gasteiger partial charge in [0.05, 0.1) is 5.52 Å². The molecule has 0 amide bonds. The number of rotatable bonds is 2. The minimum atomic E-state index is 0.417. The van der Waals surface area contributed by atoms with Gasteiger partial charge in [0.2, 0.25) is 0 Å². The molecule has 3 heteroatoms. The second-order valence-corrected chi connectivity index (χ2v) is 5.53. The lowest BCUT2D eigenvalue weighted by Gasteiger charge is -2.15. The van der Waals surface area contributed by atoms with Crippen LogP contribution in [0, 0.1) is 0 Å². The van der Waals surface area contributed by atoms with Crippen LogP contribution in [0.1, 0.15) is 24.4 Å². The first kappa shape index (κ1) is 12.5. The molecule has 1 N–H and O–H groups in total. The van der Waals surface area contributed by atoms with Crippen LogP contribution in [0.4, 0.5) is 0 Å². The van der Waals surface area contributed by atoms with Gasteiger partial charge in [0.15, 0.2) is 0 Å². The summed E-state index contributed by atoms with van der Waals surface area (Å²) in [6, 6.07) is 13.0. The highest BCUT2D eigenvalue weighted by Gasteiger charge is 2.20. The Labute approximate surface area is 124 Å². The van der Waals surface area contributed by atoms with Crippen molar-refractivity contribution in [3.05, 3.63) is 60.6 Å². The van der Waals surface area contributed by atoms with Crippen LogP contribution in [0.15, 0.2) is 55.0 Å². The van der Waals surface area contributed by atoms with Crippen molar-refractivity contribution in [2.24, 2.45) is 0 Å². The standard InChI is InChI=1S/C18H17N3/c1-2-5-17-13(4-1)10-14(11-21-17)15-7-9-19-12-16(15)18-6-3-8-20-18/h1-2,4-5,7,9-12,18,20H,3,6,8H2/t18-/m0/s1. The Kier molecular flexibility index (Phi) is 3.13. The van der Waals surface area contributed by atoms with Crippen LogP contribution in [0.2, 0.25) is 0 Å². The van der Waals surface area contributed by atoms with E-state index in [1.165, 1.54) is 34.9 Å². The highest BCUT2D eigenvalue weighted by Crippen LogP contribution is 2.32. The maximum Gasteiger partial charge on any atom is 0.0702 e. The molecule has 3 nitrogen and oxygen atoms in total. The van der Waals surface area contributed by atoms with E-state index >= 15 is 0 Å². The summed E-state index contributed by atoms with van der Waals surface area (Å²) < 4.78 is 0. The summed E-state index contributed by atoms with van der Waals surface area (Å²) in [4.78, 5) is 8.90. The number of para-hydroxylation sites is 1. The van der Waals surface area contributed by atoms with Gasteiger partial charge in [-0.2, -0.15) is 0 Å². The van der Waals surface area contributed by atoms with Crippen molar-refractivity contribution in [2.75, 3.05) is 6.54 Å². The fourth-order valence-corrected chi connectivity index (χ4v) is 3.12. The smallest absolute Gasteiger partial charge is 0.0702 e. The van der Waals surface area contributed by atoms with Crippen molar-refractivity contribution in [3.8, 4) is 11.1 Å². The number of nitrogens with one attached hydrogen (secondary N) is 1. The third kappa shape index (κ3) is 2.30. The minimum Gasteiger partial charge on any atom is -0.310 e. The fourth-order valence-electron chi connectivity index (χ4n) is 3.12. The van der Waals surface area contributed by atoms with Crippen LogP contribution >= 0.6 is 0 Å². The van der Waals surface area contributed by atoms with E-state index in [1.54, 1.807) is 0 Å². The van der Waals surface area contributed by atoms with Gasteiger partial charge in [-0.15, -0.1) is 0 Å². The fraction of sp³-hybridized carbons (Fsp3) is 0.222. The molecule has 21 heavy (non-hydrogen) atoms. The number of hydrogen-bond acceptors (Lipinski definition) is 3. The number of pyridine rings is 2. The molecule has 2 aromatic heterocycles. The topological polar surface area (TPSA) is 37.8 Å². The Morgan fingerprint density at radius 1 is 1.10 bits per heavy atom. The SMILES string of the molecule is c1ccc2ncc(-c3ccncc3[C@@H]3CCCN3)cc2c1. The van der Waals surface area contributed by atoms with E-state index in [0.717, 1.165) is 12.1 Å². The number of nitrogens with zero attached hydrogens (tertiary/aromatic N) is 2. The van der Waals surface area contributed by atoms with E-state index in [-0.39, 0.29) is 0 Å². The zero-order valence-electron chi connectivity index (χ0n) is 11.8. The molecule has 1 atom stereocenters. The molecule has 1 fully saturated rings. The van der Waals surface area contributed by atoms with Crippen LogP contribution in [0.3, 0.4) is 0 Å². The summed E-state index contributed by atoms with van der Waals surface area (Å²) in [6.07, 6.45) is 8.24. The number of benzene rings is 1. The molecule has 1 aromatic carbocycles. The lowest BCUT2D eigenvalue weighted by Crippen LogP contribution is -2.14. The third-order valence-corrected chi connectivity index (χ3v) is 4.19. The molecule has 0 radical (unpaired) electrons. The van der Waals surface area contributed by atoms with E-state index in [0.29, 0.717) is 6.04 Å². The maximum absolute atomic E-state index is 4.58. The highest BCUT2D eigenvalue weighted by molar-refractivity contribution is 5.84. The van der Waals surface area contributed by atoms with E-state index in [1.807, 2.05) is 30.7 Å². The Morgan fingerprint density at radius 2 is 2.05 bits per heavy atom. The van der Waals surface area contributed by atoms with E-state index in [2.05, 4.69) is 39.6 Å². The van der Waals surface area contributed by atoms with Crippen molar-refractivity contribution in [1.29, 1.82) is 0 Å². The molecule has 3 aromatic rings. The van der Waals surface area contributed by atoms with E-state index in [4.69, 9.17) is 0 Å². The van der Waals surface area contributed by atoms with Gasteiger partial charge in [0.25, 0.3) is 0 Å². The molecular formula is C18H17N3. The summed E-state index contributed by atoms with van der Waals surface area (Å²) in [5.41, 5.74) is 4.73. The van der Waals surface area contributed by atoms with Crippen molar-refractivity contribution < 1.29 is 0 Å². The molecule has 1 aliphatic heterocycles. The quantitative estimate of drug-likeness (QED) is 0.774. The molecular weight excluding hydrogens is 258 g/mol. The second kappa shape index (κ2) is 5.26. The summed E-state index contributed by atoms with van der Waals surface area (Å²) >= 11 is 0. The molecule has 0 bridgehead atoms. The number of fused-ring (bicyclic) bond motifs is 1. The van der Waals surface area contributed by atoms with Crippen molar-refractivity contribution in [3.63, 3.8) is 0 Å². The zero-order chi connectivity index (χ0) is 14.1. The van der Waals surface area contributed by atoms with Crippen molar-refractivity contribution >= 4 is 10.9 Å². The average molecular weight is 275 g/mol. The number of aromatic nitrogens is 2. The van der Waals surface area contributed by atoms with Gasteiger partial charge in [0, 0.05) is 35.6 Å². The van der Waals surface area contributed by atoms with E-state index < -0.39 is 0 Å². The first-order valence-electron chi connectivity index (χ1n) is 7.44. The predicted molar refractivity (Wildman–Crippen MR) is 85.0 cm³/mol. The predicted octanol–water partition coefficient (Wildman–Crippen LogP) is 3.72. The summed E-state index contributed by atoms with van der Waals surface area (Å²) in [6.45, 7) is 1.09. The van der Waals surface area contributed by atoms with Crippen LogP contribution in [-0.4, -0.2) is 16.5 Å². The Balaban J connectivity index is 1.84. The molecule has 0 unspecified atom stereocenters. The number of hydrogen-bond donors (Lipinski definition) is 1. The lowest BCUT2D eigenvalue weighted by molar-refractivity contribution is 0.646. The monoisotopic (exact) mass is 275 g/mol. The first-order valence-corrected chi connectivity index (χ1v) is 7.44. The Bertz CT molecular complexity index is 776. The maximum atomic E-state index is 4.58. The van der Waals surface area contributed by atoms with E-state index in [9.17, 15) is 0 Å². The molecule has 3 heterocycles. The molecule has 1 aliphatic rings. The van der Waals surface area contributed by atoms with Gasteiger partial charge in [-0.3, -0.25) is 9.97 Å². The Morgan fingerprint density at radius 3 is 2.95 bits per heavy atom. The molecule has 1 saturated heterocycles. The zero-order valence-corrected chi connectivity index (χ0v) is 11.8. The molecule has 4 rings (SSSR count). The van der Waals surface area contributed by atoms with Crippen LogP contribution < -0.4 is 5.32 Å². The minimum absolute atomic E-state index is 0.417. The first-order chi connectivity index (χ1) is 10.4. The largest absolute Gasteiger partial charge is 0.310 e. The third-order valence-electron chi connectivity index (χ3n) is 4.19. The highest BCUT2D eigenvalue weighted by atomic mass is 14.9. The summed E-state index contributed by atoms with van der Waals surface area (Å²) in [5.74, 6) is 0. The summed E-state index contributed by atoms with van der Waals surface area (Å²) in [5, 5.41) is 4.74. The average Bonchev–Trinajstić information content (AvgIpc) is 3.09. The van der Waals surface area contributed by atoms with Gasteiger partial charge in [-0.05, 0) is 48.7 Å². The lowest BCUT2D eigenvalue weighted by atomic mass is 9.96. The van der Waals surface area contributed by atoms with Gasteiger partial charge >= 0.3 is 0 Å². The van der Waals surface area contributed by atoms with Crippen LogP contribution in [0.25, 0.3) is 22.0 Å².